The predicted molar refractivity (Wildman–Crippen MR) is 81.4 cm³/mol. The third kappa shape index (κ3) is 2.54. The van der Waals surface area contributed by atoms with E-state index in [0.29, 0.717) is 11.9 Å². The van der Waals surface area contributed by atoms with Gasteiger partial charge >= 0.3 is 0 Å². The molecule has 2 atom stereocenters. The first-order chi connectivity index (χ1) is 9.41. The minimum atomic E-state index is -1.63. The molecule has 2 rings (SSSR count). The maximum absolute atomic E-state index is 14.5. The number of allylic oxidation sites excluding steroid dienone is 3. The lowest BCUT2D eigenvalue weighted by Gasteiger charge is -2.33. The number of rotatable bonds is 3. The van der Waals surface area contributed by atoms with Gasteiger partial charge in [-0.3, -0.25) is 4.79 Å². The van der Waals surface area contributed by atoms with Crippen LogP contribution >= 0.6 is 27.5 Å². The molecule has 0 spiro atoms. The first-order valence-electron chi connectivity index (χ1n) is 5.96. The summed E-state index contributed by atoms with van der Waals surface area (Å²) >= 11 is 9.74. The Balaban J connectivity index is 2.64. The van der Waals surface area contributed by atoms with E-state index >= 15 is 0 Å². The zero-order chi connectivity index (χ0) is 14.9. The van der Waals surface area contributed by atoms with Crippen LogP contribution < -0.4 is 0 Å². The smallest absolute Gasteiger partial charge is 0.155 e. The Bertz CT molecular complexity index is 608. The molecule has 0 saturated heterocycles. The lowest BCUT2D eigenvalue weighted by atomic mass is 9.82. The van der Waals surface area contributed by atoms with Gasteiger partial charge in [0.05, 0.1) is 12.7 Å². The van der Waals surface area contributed by atoms with Crippen LogP contribution in [0.15, 0.2) is 46.1 Å². The molecule has 20 heavy (non-hydrogen) atoms. The highest BCUT2D eigenvalue weighted by molar-refractivity contribution is 9.10. The molecule has 0 fully saturated rings. The van der Waals surface area contributed by atoms with Crippen molar-refractivity contribution in [3.05, 3.63) is 51.7 Å². The van der Waals surface area contributed by atoms with Crippen molar-refractivity contribution in [2.45, 2.75) is 18.0 Å². The predicted octanol–water partition coefficient (Wildman–Crippen LogP) is 4.28. The number of hydrogen-bond donors (Lipinski definition) is 0. The Morgan fingerprint density at radius 2 is 2.20 bits per heavy atom. The minimum Gasteiger partial charge on any atom is -0.496 e. The van der Waals surface area contributed by atoms with E-state index in [1.54, 1.807) is 13.0 Å². The highest BCUT2D eigenvalue weighted by Gasteiger charge is 2.43. The molecule has 2 nitrogen and oxygen atoms in total. The molecule has 1 aromatic carbocycles. The van der Waals surface area contributed by atoms with E-state index in [0.717, 1.165) is 10.0 Å². The Hall–Kier alpha value is -1.13. The molecule has 1 aliphatic carbocycles. The highest BCUT2D eigenvalue weighted by Crippen LogP contribution is 2.44. The molecule has 0 radical (unpaired) electrons. The quantitative estimate of drug-likeness (QED) is 0.595. The van der Waals surface area contributed by atoms with E-state index in [9.17, 15) is 9.18 Å². The standard InChI is InChI=1S/C15H13BrClFO2/c1-15(17)12(9-4-3-5-10(16)6-9)7-13(20-2)11(8-19)14(15)18/h3-8,14H,1-2H3. The second-order valence-corrected chi connectivity index (χ2v) is 6.35. The maximum Gasteiger partial charge on any atom is 0.155 e. The first-order valence-corrected chi connectivity index (χ1v) is 7.13. The number of methoxy groups -OCH3 is 1. The molecule has 0 N–H and O–H groups in total. The molecule has 0 aromatic heterocycles. The van der Waals surface area contributed by atoms with Crippen LogP contribution in [0.25, 0.3) is 5.57 Å². The van der Waals surface area contributed by atoms with Gasteiger partial charge in [0.25, 0.3) is 0 Å². The minimum absolute atomic E-state index is 0.0660. The molecule has 0 aliphatic heterocycles. The van der Waals surface area contributed by atoms with Gasteiger partial charge in [-0.25, -0.2) is 4.39 Å². The molecule has 1 aliphatic rings. The monoisotopic (exact) mass is 358 g/mol. The number of benzene rings is 1. The molecule has 106 valence electrons. The summed E-state index contributed by atoms with van der Waals surface area (Å²) in [6.45, 7) is 1.56. The van der Waals surface area contributed by atoms with Crippen molar-refractivity contribution in [1.29, 1.82) is 0 Å². The highest BCUT2D eigenvalue weighted by atomic mass is 79.9. The van der Waals surface area contributed by atoms with Crippen molar-refractivity contribution in [3.8, 4) is 0 Å². The Labute approximate surface area is 130 Å². The molecule has 5 heteroatoms. The average molecular weight is 360 g/mol. The average Bonchev–Trinajstić information content (AvgIpc) is 2.41. The van der Waals surface area contributed by atoms with Crippen molar-refractivity contribution in [3.63, 3.8) is 0 Å². The van der Waals surface area contributed by atoms with Gasteiger partial charge < -0.3 is 4.74 Å². The van der Waals surface area contributed by atoms with E-state index in [1.807, 2.05) is 24.3 Å². The summed E-state index contributed by atoms with van der Waals surface area (Å²) in [5.74, 6) is 0.209. The summed E-state index contributed by atoms with van der Waals surface area (Å²) in [6, 6.07) is 7.39. The van der Waals surface area contributed by atoms with Crippen LogP contribution in [0.5, 0.6) is 0 Å². The summed E-state index contributed by atoms with van der Waals surface area (Å²) < 4.78 is 20.5. The van der Waals surface area contributed by atoms with Crippen LogP contribution in [0.2, 0.25) is 0 Å². The fourth-order valence-electron chi connectivity index (χ4n) is 2.23. The van der Waals surface area contributed by atoms with Crippen molar-refractivity contribution in [1.82, 2.24) is 0 Å². The van der Waals surface area contributed by atoms with E-state index in [4.69, 9.17) is 16.3 Å². The summed E-state index contributed by atoms with van der Waals surface area (Å²) in [4.78, 5) is 9.73. The number of ether oxygens (including phenoxy) is 1. The van der Waals surface area contributed by atoms with Crippen molar-refractivity contribution < 1.29 is 13.9 Å². The van der Waals surface area contributed by atoms with Crippen LogP contribution in [-0.4, -0.2) is 24.4 Å². The van der Waals surface area contributed by atoms with Gasteiger partial charge in [0.2, 0.25) is 0 Å². The molecule has 0 amide bonds. The largest absolute Gasteiger partial charge is 0.496 e. The SMILES string of the molecule is COC1=C(C=O)C(F)C(C)(Cl)C(c2cccc(Br)c2)=C1. The van der Waals surface area contributed by atoms with Gasteiger partial charge in [0.15, 0.2) is 12.5 Å². The fourth-order valence-corrected chi connectivity index (χ4v) is 2.91. The van der Waals surface area contributed by atoms with Crippen LogP contribution in [0.3, 0.4) is 0 Å². The van der Waals surface area contributed by atoms with Crippen molar-refractivity contribution >= 4 is 39.4 Å². The van der Waals surface area contributed by atoms with Crippen LogP contribution in [0.1, 0.15) is 12.5 Å². The molecule has 0 heterocycles. The van der Waals surface area contributed by atoms with Gasteiger partial charge in [-0.05, 0) is 36.3 Å². The van der Waals surface area contributed by atoms with Crippen LogP contribution in [-0.2, 0) is 9.53 Å². The summed E-state index contributed by atoms with van der Waals surface area (Å²) in [5.41, 5.74) is 1.29. The second kappa shape index (κ2) is 5.70. The Morgan fingerprint density at radius 1 is 1.50 bits per heavy atom. The number of halogens is 3. The van der Waals surface area contributed by atoms with Gasteiger partial charge in [-0.15, -0.1) is 11.6 Å². The zero-order valence-corrected chi connectivity index (χ0v) is 13.3. The number of aldehydes is 1. The van der Waals surface area contributed by atoms with Crippen molar-refractivity contribution in [2.24, 2.45) is 0 Å². The first kappa shape index (κ1) is 15.3. The summed E-state index contributed by atoms with van der Waals surface area (Å²) in [5, 5.41) is 0. The van der Waals surface area contributed by atoms with Gasteiger partial charge in [0, 0.05) is 4.47 Å². The van der Waals surface area contributed by atoms with E-state index in [2.05, 4.69) is 15.9 Å². The Morgan fingerprint density at radius 3 is 2.75 bits per heavy atom. The topological polar surface area (TPSA) is 26.3 Å². The van der Waals surface area contributed by atoms with Gasteiger partial charge in [0.1, 0.15) is 10.6 Å². The van der Waals surface area contributed by atoms with E-state index in [1.165, 1.54) is 7.11 Å². The molecule has 1 aromatic rings. The third-order valence-electron chi connectivity index (χ3n) is 3.32. The lowest BCUT2D eigenvalue weighted by molar-refractivity contribution is -0.105. The Kier molecular flexibility index (Phi) is 4.35. The number of alkyl halides is 2. The normalized spacial score (nSPS) is 26.2. The fraction of sp³-hybridized carbons (Fsp3) is 0.267. The molecular weight excluding hydrogens is 347 g/mol. The van der Waals surface area contributed by atoms with Gasteiger partial charge in [-0.2, -0.15) is 0 Å². The molecular formula is C15H13BrClFO2. The summed E-state index contributed by atoms with van der Waals surface area (Å²) in [6.07, 6.45) is 0.447. The third-order valence-corrected chi connectivity index (χ3v) is 4.21. The zero-order valence-electron chi connectivity index (χ0n) is 11.0. The number of hydrogen-bond acceptors (Lipinski definition) is 2. The molecule has 0 saturated carbocycles. The summed E-state index contributed by atoms with van der Waals surface area (Å²) in [7, 11) is 1.40. The van der Waals surface area contributed by atoms with E-state index in [-0.39, 0.29) is 11.3 Å². The van der Waals surface area contributed by atoms with Gasteiger partial charge in [-0.1, -0.05) is 28.1 Å². The lowest BCUT2D eigenvalue weighted by Crippen LogP contribution is -2.37. The van der Waals surface area contributed by atoms with Crippen LogP contribution in [0, 0.1) is 0 Å². The van der Waals surface area contributed by atoms with Crippen LogP contribution in [0.4, 0.5) is 4.39 Å². The number of carbonyl (C=O) groups is 1. The maximum atomic E-state index is 14.5. The number of carbonyl (C=O) groups excluding carboxylic acids is 1. The van der Waals surface area contributed by atoms with E-state index < -0.39 is 11.0 Å². The van der Waals surface area contributed by atoms with Crippen molar-refractivity contribution in [2.75, 3.05) is 7.11 Å². The second-order valence-electron chi connectivity index (χ2n) is 4.65. The molecule has 2 unspecified atom stereocenters. The molecule has 0 bridgehead atoms.